The zero-order valence-electron chi connectivity index (χ0n) is 2.91. The van der Waals surface area contributed by atoms with Gasteiger partial charge in [0.1, 0.15) is 0 Å². The van der Waals surface area contributed by atoms with Crippen molar-refractivity contribution in [2.24, 2.45) is 0 Å². The molecular formula is HMnO5P. The maximum atomic E-state index is 8.55. The number of phosphoric acid groups is 1. The molecule has 0 radical (unpaired) electrons. The molecule has 0 saturated carbocycles. The van der Waals surface area contributed by atoms with Gasteiger partial charge < -0.3 is 19.2 Å². The second-order valence-electron chi connectivity index (χ2n) is 0.447. The van der Waals surface area contributed by atoms with E-state index in [9.17, 15) is 0 Å². The molecule has 0 aliphatic heterocycles. The zero-order chi connectivity index (χ0) is 6.50. The molecule has 0 spiro atoms. The van der Waals surface area contributed by atoms with E-state index >= 15 is 0 Å². The van der Waals surface area contributed by atoms with E-state index in [1.807, 2.05) is 16.3 Å². The third-order valence-corrected chi connectivity index (χ3v) is 0. The van der Waals surface area contributed by atoms with E-state index < -0.39 is 7.82 Å². The first-order chi connectivity index (χ1) is 3.00. The molecule has 0 saturated heterocycles. The van der Waals surface area contributed by atoms with Crippen LogP contribution in [0, 0.1) is 0 Å². The summed E-state index contributed by atoms with van der Waals surface area (Å²) in [6, 6.07) is 0. The van der Waals surface area contributed by atoms with E-state index in [1.165, 1.54) is 0 Å². The van der Waals surface area contributed by atoms with Crippen LogP contribution in [0.15, 0.2) is 0 Å². The Labute approximate surface area is 48.4 Å². The van der Waals surface area contributed by atoms with E-state index in [0.717, 1.165) is 0 Å². The van der Waals surface area contributed by atoms with Gasteiger partial charge in [-0.1, -0.05) is 0 Å². The van der Waals surface area contributed by atoms with Crippen molar-refractivity contribution in [3.05, 3.63) is 0 Å². The fraction of sp³-hybridized carbons (Fsp3) is 0. The second kappa shape index (κ2) is 4.74. The van der Waals surface area contributed by atoms with Crippen LogP contribution in [0.4, 0.5) is 0 Å². The van der Waals surface area contributed by atoms with Gasteiger partial charge in [0, 0.05) is 0 Å². The van der Waals surface area contributed by atoms with E-state index in [4.69, 9.17) is 23.4 Å². The first kappa shape index (κ1) is 10.5. The summed E-state index contributed by atoms with van der Waals surface area (Å²) < 4.78 is 15.4. The van der Waals surface area contributed by atoms with Crippen LogP contribution in [0.1, 0.15) is 0 Å². The quantitative estimate of drug-likeness (QED) is 0.299. The summed E-state index contributed by atoms with van der Waals surface area (Å²) in [5.74, 6) is 0. The fourth-order valence-corrected chi connectivity index (χ4v) is 0. The van der Waals surface area contributed by atoms with Crippen LogP contribution in [-0.4, -0.2) is 4.19 Å². The molecule has 0 fully saturated rings. The standard InChI is InChI=1S/Mn.H3O4P.H2O/c;1-5(2,3)4;/h;(H3,1,2,3,4);1H2/q+4;;/p-4. The minimum absolute atomic E-state index is 1.94. The average molecular weight is 167 g/mol. The van der Waals surface area contributed by atoms with E-state index in [1.54, 1.807) is 0 Å². The molecule has 0 amide bonds. The fourth-order valence-electron chi connectivity index (χ4n) is 0. The van der Waals surface area contributed by atoms with Gasteiger partial charge in [-0.15, -0.1) is 0 Å². The van der Waals surface area contributed by atoms with Gasteiger partial charge in [-0.3, -0.25) is 0 Å². The summed E-state index contributed by atoms with van der Waals surface area (Å²) >= 11 is 1.94. The molecule has 7 heteroatoms. The topological polar surface area (TPSA) is 106 Å². The molecule has 0 rings (SSSR count). The summed E-state index contributed by atoms with van der Waals surface area (Å²) in [7, 11) is -5.39. The first-order valence-electron chi connectivity index (χ1n) is 0.899. The van der Waals surface area contributed by atoms with Crippen LogP contribution in [0.25, 0.3) is 0 Å². The predicted octanol–water partition coefficient (Wildman–Crippen LogP) is -3.38. The Hall–Kier alpha value is 0.589. The maximum absolute atomic E-state index is 8.55. The van der Waals surface area contributed by atoms with Gasteiger partial charge in [-0.2, -0.15) is 7.82 Å². The normalized spacial score (nSPS) is 9.00. The van der Waals surface area contributed by atoms with Crippen LogP contribution in [-0.2, 0) is 20.9 Å². The third kappa shape index (κ3) is 399. The molecule has 0 atom stereocenters. The SMILES string of the molecule is O=P([O-])([O-])[O-].[OH][Mn+3]. The van der Waals surface area contributed by atoms with Crippen molar-refractivity contribution in [2.45, 2.75) is 0 Å². The second-order valence-corrected chi connectivity index (χ2v) is 1.34. The van der Waals surface area contributed by atoms with Gasteiger partial charge in [-0.05, 0) is 0 Å². The van der Waals surface area contributed by atoms with Gasteiger partial charge in [0.15, 0.2) is 0 Å². The van der Waals surface area contributed by atoms with E-state index in [2.05, 4.69) is 0 Å². The summed E-state index contributed by atoms with van der Waals surface area (Å²) in [6.45, 7) is 0. The van der Waals surface area contributed by atoms with Crippen molar-refractivity contribution >= 4 is 7.82 Å². The van der Waals surface area contributed by atoms with Crippen molar-refractivity contribution in [1.82, 2.24) is 0 Å². The Balaban J connectivity index is 0. The van der Waals surface area contributed by atoms with Crippen molar-refractivity contribution in [1.29, 1.82) is 0 Å². The van der Waals surface area contributed by atoms with Crippen molar-refractivity contribution in [3.63, 3.8) is 0 Å². The van der Waals surface area contributed by atoms with Crippen LogP contribution >= 0.6 is 7.82 Å². The van der Waals surface area contributed by atoms with Gasteiger partial charge in [0.05, 0.1) is 0 Å². The van der Waals surface area contributed by atoms with Crippen molar-refractivity contribution in [3.8, 4) is 0 Å². The summed E-state index contributed by atoms with van der Waals surface area (Å²) in [4.78, 5) is 25.6. The van der Waals surface area contributed by atoms with Crippen LogP contribution in [0.2, 0.25) is 0 Å². The molecule has 0 aliphatic carbocycles. The number of hydrogen-bond donors (Lipinski definition) is 1. The molecule has 7 heavy (non-hydrogen) atoms. The summed E-state index contributed by atoms with van der Waals surface area (Å²) in [6.07, 6.45) is 0. The van der Waals surface area contributed by atoms with Crippen molar-refractivity contribution in [2.75, 3.05) is 0 Å². The Morgan fingerprint density at radius 1 is 1.29 bits per heavy atom. The molecule has 0 aromatic rings. The predicted molar refractivity (Wildman–Crippen MR) is 9.83 cm³/mol. The molecule has 1 N–H and O–H groups in total. The third-order valence-electron chi connectivity index (χ3n) is 0. The van der Waals surface area contributed by atoms with Gasteiger partial charge in [0.2, 0.25) is 0 Å². The van der Waals surface area contributed by atoms with E-state index in [0.29, 0.717) is 0 Å². The Morgan fingerprint density at radius 3 is 1.29 bits per heavy atom. The molecule has 0 aromatic carbocycles. The Bertz CT molecular complexity index is 54.2. The zero-order valence-corrected chi connectivity index (χ0v) is 4.98. The van der Waals surface area contributed by atoms with Gasteiger partial charge in [0.25, 0.3) is 0 Å². The first-order valence-corrected chi connectivity index (χ1v) is 2.89. The molecular weight excluding hydrogens is 166 g/mol. The monoisotopic (exact) mass is 167 g/mol. The molecule has 43 valence electrons. The molecule has 0 unspecified atom stereocenters. The van der Waals surface area contributed by atoms with Gasteiger partial charge in [-0.25, -0.2) is 0 Å². The molecule has 0 bridgehead atoms. The summed E-state index contributed by atoms with van der Waals surface area (Å²) in [5, 5.41) is 0. The van der Waals surface area contributed by atoms with Gasteiger partial charge >= 0.3 is 20.5 Å². The number of hydrogen-bond acceptors (Lipinski definition) is 5. The van der Waals surface area contributed by atoms with Crippen LogP contribution in [0.3, 0.4) is 0 Å². The Kier molecular flexibility index (Phi) is 7.14. The van der Waals surface area contributed by atoms with Crippen LogP contribution in [0.5, 0.6) is 0 Å². The molecule has 0 heterocycles. The summed E-state index contributed by atoms with van der Waals surface area (Å²) in [5.41, 5.74) is 0. The van der Waals surface area contributed by atoms with Crippen molar-refractivity contribution < 1.29 is 39.8 Å². The van der Waals surface area contributed by atoms with E-state index in [-0.39, 0.29) is 0 Å². The Morgan fingerprint density at radius 2 is 1.29 bits per heavy atom. The average Bonchev–Trinajstić information content (AvgIpc) is 1.36. The molecule has 0 aliphatic rings. The molecule has 0 aromatic heterocycles. The van der Waals surface area contributed by atoms with Crippen LogP contribution < -0.4 is 14.7 Å². The number of rotatable bonds is 0. The minimum atomic E-state index is -5.39. The molecule has 5 nitrogen and oxygen atoms in total.